The van der Waals surface area contributed by atoms with E-state index >= 15 is 0 Å². The predicted octanol–water partition coefficient (Wildman–Crippen LogP) is 2.95. The van der Waals surface area contributed by atoms with Crippen LogP contribution in [0.1, 0.15) is 29.3 Å². The van der Waals surface area contributed by atoms with Crippen LogP contribution in [0.25, 0.3) is 0 Å². The van der Waals surface area contributed by atoms with Crippen molar-refractivity contribution in [2.24, 2.45) is 0 Å². The summed E-state index contributed by atoms with van der Waals surface area (Å²) in [5.74, 6) is -0.491. The lowest BCUT2D eigenvalue weighted by Gasteiger charge is -2.08. The Morgan fingerprint density at radius 1 is 1.04 bits per heavy atom. The summed E-state index contributed by atoms with van der Waals surface area (Å²) in [4.78, 5) is 12.1. The van der Waals surface area contributed by atoms with Gasteiger partial charge in [0.2, 0.25) is 10.0 Å². The Morgan fingerprint density at radius 3 is 2.28 bits per heavy atom. The Hall–Kier alpha value is -2.41. The molecule has 0 saturated carbocycles. The highest BCUT2D eigenvalue weighted by molar-refractivity contribution is 7.92. The van der Waals surface area contributed by atoms with Crippen LogP contribution in [0.15, 0.2) is 48.5 Å². The second-order valence-corrected chi connectivity index (χ2v) is 7.58. The third kappa shape index (κ3) is 6.19. The quantitative estimate of drug-likeness (QED) is 0.707. The molecule has 0 saturated heterocycles. The Balaban J connectivity index is 1.79. The van der Waals surface area contributed by atoms with E-state index in [1.54, 1.807) is 43.3 Å². The van der Waals surface area contributed by atoms with Gasteiger partial charge in [0, 0.05) is 17.8 Å². The zero-order valence-corrected chi connectivity index (χ0v) is 14.8. The molecule has 0 fully saturated rings. The molecule has 2 aromatic carbocycles. The third-order valence-corrected chi connectivity index (χ3v) is 4.95. The zero-order valence-electron chi connectivity index (χ0n) is 14.0. The van der Waals surface area contributed by atoms with Gasteiger partial charge in [-0.15, -0.1) is 0 Å². The van der Waals surface area contributed by atoms with Gasteiger partial charge in [-0.1, -0.05) is 12.1 Å². The molecule has 0 bridgehead atoms. The van der Waals surface area contributed by atoms with Crippen molar-refractivity contribution in [3.8, 4) is 0 Å². The minimum atomic E-state index is -3.33. The Kier molecular flexibility index (Phi) is 6.52. The van der Waals surface area contributed by atoms with Crippen molar-refractivity contribution in [2.75, 3.05) is 17.0 Å². The fourth-order valence-electron chi connectivity index (χ4n) is 2.19. The predicted molar refractivity (Wildman–Crippen MR) is 96.6 cm³/mol. The highest BCUT2D eigenvalue weighted by Gasteiger charge is 2.08. The molecule has 0 atom stereocenters. The molecule has 2 N–H and O–H groups in total. The van der Waals surface area contributed by atoms with Gasteiger partial charge in [-0.05, 0) is 61.7 Å². The number of nitrogens with one attached hydrogen (secondary N) is 2. The van der Waals surface area contributed by atoms with Crippen LogP contribution in [0, 0.1) is 5.82 Å². The van der Waals surface area contributed by atoms with Crippen molar-refractivity contribution >= 4 is 21.6 Å². The molecule has 0 heterocycles. The first-order valence-corrected chi connectivity index (χ1v) is 9.68. The van der Waals surface area contributed by atoms with Gasteiger partial charge in [-0.25, -0.2) is 12.8 Å². The van der Waals surface area contributed by atoms with E-state index < -0.39 is 10.0 Å². The van der Waals surface area contributed by atoms with Crippen LogP contribution >= 0.6 is 0 Å². The largest absolute Gasteiger partial charge is 0.352 e. The van der Waals surface area contributed by atoms with Gasteiger partial charge < -0.3 is 5.32 Å². The molecule has 0 radical (unpaired) electrons. The summed E-state index contributed by atoms with van der Waals surface area (Å²) in [5, 5.41) is 2.81. The SMILES string of the molecule is CCS(=O)(=O)Nc1ccc(C(=O)NCCCc2ccc(F)cc2)cc1. The summed E-state index contributed by atoms with van der Waals surface area (Å²) in [5.41, 5.74) is 1.90. The number of anilines is 1. The van der Waals surface area contributed by atoms with Gasteiger partial charge in [0.15, 0.2) is 0 Å². The minimum absolute atomic E-state index is 0.0106. The fourth-order valence-corrected chi connectivity index (χ4v) is 2.83. The van der Waals surface area contributed by atoms with Crippen molar-refractivity contribution in [2.45, 2.75) is 19.8 Å². The van der Waals surface area contributed by atoms with Crippen molar-refractivity contribution in [1.29, 1.82) is 0 Å². The van der Waals surface area contributed by atoms with Gasteiger partial charge in [-0.3, -0.25) is 9.52 Å². The number of rotatable bonds is 8. The average Bonchev–Trinajstić information content (AvgIpc) is 2.60. The summed E-state index contributed by atoms with van der Waals surface area (Å²) in [6.45, 7) is 2.05. The van der Waals surface area contributed by atoms with E-state index in [2.05, 4.69) is 10.0 Å². The maximum Gasteiger partial charge on any atom is 0.251 e. The molecule has 1 amide bonds. The first kappa shape index (κ1) is 18.9. The molecular formula is C18H21FN2O3S. The van der Waals surface area contributed by atoms with Gasteiger partial charge in [0.05, 0.1) is 5.75 Å². The molecular weight excluding hydrogens is 343 g/mol. The van der Waals surface area contributed by atoms with Crippen LogP contribution < -0.4 is 10.0 Å². The number of amides is 1. The van der Waals surface area contributed by atoms with E-state index in [-0.39, 0.29) is 17.5 Å². The summed E-state index contributed by atoms with van der Waals surface area (Å²) >= 11 is 0. The summed E-state index contributed by atoms with van der Waals surface area (Å²) < 4.78 is 38.2. The second kappa shape index (κ2) is 8.62. The first-order chi connectivity index (χ1) is 11.9. The van der Waals surface area contributed by atoms with Gasteiger partial charge >= 0.3 is 0 Å². The van der Waals surface area contributed by atoms with Crippen LogP contribution in [0.3, 0.4) is 0 Å². The molecule has 25 heavy (non-hydrogen) atoms. The van der Waals surface area contributed by atoms with Crippen LogP contribution in [-0.4, -0.2) is 26.6 Å². The monoisotopic (exact) mass is 364 g/mol. The third-order valence-electron chi connectivity index (χ3n) is 3.64. The maximum absolute atomic E-state index is 12.8. The van der Waals surface area contributed by atoms with Crippen LogP contribution in [-0.2, 0) is 16.4 Å². The molecule has 0 aliphatic carbocycles. The highest BCUT2D eigenvalue weighted by atomic mass is 32.2. The van der Waals surface area contributed by atoms with Crippen molar-refractivity contribution in [3.05, 3.63) is 65.5 Å². The van der Waals surface area contributed by atoms with Crippen LogP contribution in [0.2, 0.25) is 0 Å². The molecule has 0 spiro atoms. The fraction of sp³-hybridized carbons (Fsp3) is 0.278. The lowest BCUT2D eigenvalue weighted by atomic mass is 10.1. The number of carbonyl (C=O) groups is 1. The zero-order chi connectivity index (χ0) is 18.3. The topological polar surface area (TPSA) is 75.3 Å². The highest BCUT2D eigenvalue weighted by Crippen LogP contribution is 2.11. The number of hydrogen-bond donors (Lipinski definition) is 2. The standard InChI is InChI=1S/C18H21FN2O3S/c1-2-25(23,24)21-17-11-7-15(8-12-17)18(22)20-13-3-4-14-5-9-16(19)10-6-14/h5-12,21H,2-4,13H2,1H3,(H,20,22). The number of benzene rings is 2. The van der Waals surface area contributed by atoms with Gasteiger partial charge in [0.1, 0.15) is 5.82 Å². The van der Waals surface area contributed by atoms with E-state index in [4.69, 9.17) is 0 Å². The Labute approximate surface area is 147 Å². The summed E-state index contributed by atoms with van der Waals surface area (Å²) in [6, 6.07) is 12.6. The van der Waals surface area contributed by atoms with Crippen LogP contribution in [0.5, 0.6) is 0 Å². The van der Waals surface area contributed by atoms with Crippen molar-refractivity contribution in [3.63, 3.8) is 0 Å². The number of halogens is 1. The lowest BCUT2D eigenvalue weighted by Crippen LogP contribution is -2.24. The lowest BCUT2D eigenvalue weighted by molar-refractivity contribution is 0.0953. The van der Waals surface area contributed by atoms with Crippen LogP contribution in [0.4, 0.5) is 10.1 Å². The molecule has 0 aliphatic heterocycles. The molecule has 0 aliphatic rings. The molecule has 134 valence electrons. The van der Waals surface area contributed by atoms with Crippen molar-refractivity contribution in [1.82, 2.24) is 5.32 Å². The average molecular weight is 364 g/mol. The van der Waals surface area contributed by atoms with Gasteiger partial charge in [-0.2, -0.15) is 0 Å². The summed E-state index contributed by atoms with van der Waals surface area (Å²) in [6.07, 6.45) is 1.49. The normalized spacial score (nSPS) is 11.1. The number of hydrogen-bond acceptors (Lipinski definition) is 3. The molecule has 0 unspecified atom stereocenters. The number of aryl methyl sites for hydroxylation is 1. The number of sulfonamides is 1. The molecule has 5 nitrogen and oxygen atoms in total. The smallest absolute Gasteiger partial charge is 0.251 e. The van der Waals surface area contributed by atoms with E-state index in [1.165, 1.54) is 12.1 Å². The minimum Gasteiger partial charge on any atom is -0.352 e. The van der Waals surface area contributed by atoms with Gasteiger partial charge in [0.25, 0.3) is 5.91 Å². The molecule has 2 rings (SSSR count). The maximum atomic E-state index is 12.8. The summed E-state index contributed by atoms with van der Waals surface area (Å²) in [7, 11) is -3.33. The van der Waals surface area contributed by atoms with E-state index in [1.807, 2.05) is 0 Å². The Bertz CT molecular complexity index is 803. The Morgan fingerprint density at radius 2 is 1.68 bits per heavy atom. The second-order valence-electron chi connectivity index (χ2n) is 5.57. The first-order valence-electron chi connectivity index (χ1n) is 8.03. The molecule has 0 aromatic heterocycles. The van der Waals surface area contributed by atoms with E-state index in [0.717, 1.165) is 18.4 Å². The van der Waals surface area contributed by atoms with Crippen molar-refractivity contribution < 1.29 is 17.6 Å². The molecule has 2 aromatic rings. The number of carbonyl (C=O) groups excluding carboxylic acids is 1. The van der Waals surface area contributed by atoms with E-state index in [9.17, 15) is 17.6 Å². The molecule has 7 heteroatoms. The van der Waals surface area contributed by atoms with E-state index in [0.29, 0.717) is 17.8 Å².